The lowest BCUT2D eigenvalue weighted by molar-refractivity contribution is -0.144. The highest BCUT2D eigenvalue weighted by atomic mass is 16.2. The molecule has 6 nitrogen and oxygen atoms in total. The van der Waals surface area contributed by atoms with Crippen molar-refractivity contribution in [3.63, 3.8) is 0 Å². The molecule has 1 aliphatic heterocycles. The number of hydrogen-bond donors (Lipinski definition) is 2. The lowest BCUT2D eigenvalue weighted by Gasteiger charge is -2.30. The summed E-state index contributed by atoms with van der Waals surface area (Å²) in [4.78, 5) is 28.6. The summed E-state index contributed by atoms with van der Waals surface area (Å²) in [5, 5.41) is 3.17. The topological polar surface area (TPSA) is 78.7 Å². The number of rotatable bonds is 2. The number of anilines is 3. The van der Waals surface area contributed by atoms with Crippen LogP contribution in [-0.2, 0) is 9.59 Å². The predicted octanol–water partition coefficient (Wildman–Crippen LogP) is 1.37. The smallest absolute Gasteiger partial charge is 0.321 e. The molecule has 0 atom stereocenters. The molecule has 6 heteroatoms. The average molecular weight is 324 g/mol. The van der Waals surface area contributed by atoms with Crippen molar-refractivity contribution in [1.82, 2.24) is 10.2 Å². The number of carbonyl (C=O) groups is 2. The van der Waals surface area contributed by atoms with Crippen LogP contribution in [0.5, 0.6) is 0 Å². The van der Waals surface area contributed by atoms with Crippen LogP contribution in [0.4, 0.5) is 17.1 Å². The maximum absolute atomic E-state index is 12.9. The molecule has 2 aromatic carbocycles. The fraction of sp³-hybridized carbons (Fsp3) is 0.222. The van der Waals surface area contributed by atoms with E-state index in [1.165, 1.54) is 4.90 Å². The van der Waals surface area contributed by atoms with E-state index in [2.05, 4.69) is 5.32 Å². The van der Waals surface area contributed by atoms with Gasteiger partial charge in [0, 0.05) is 43.2 Å². The van der Waals surface area contributed by atoms with Gasteiger partial charge in [0.25, 0.3) is 0 Å². The zero-order chi connectivity index (χ0) is 16.9. The summed E-state index contributed by atoms with van der Waals surface area (Å²) >= 11 is 0. The highest BCUT2D eigenvalue weighted by molar-refractivity contribution is 6.42. The van der Waals surface area contributed by atoms with Gasteiger partial charge in [-0.3, -0.25) is 14.5 Å². The van der Waals surface area contributed by atoms with E-state index < -0.39 is 11.8 Å². The minimum absolute atomic E-state index is 0.489. The lowest BCUT2D eigenvalue weighted by atomic mass is 10.2. The van der Waals surface area contributed by atoms with Gasteiger partial charge < -0.3 is 16.0 Å². The maximum Gasteiger partial charge on any atom is 0.321 e. The molecule has 3 rings (SSSR count). The van der Waals surface area contributed by atoms with E-state index in [4.69, 9.17) is 5.73 Å². The zero-order valence-corrected chi connectivity index (χ0v) is 13.3. The van der Waals surface area contributed by atoms with Crippen LogP contribution in [0.3, 0.4) is 0 Å². The molecule has 1 saturated heterocycles. The molecule has 2 aromatic rings. The molecule has 0 unspecified atom stereocenters. The van der Waals surface area contributed by atoms with E-state index >= 15 is 0 Å². The molecule has 0 aliphatic carbocycles. The first kappa shape index (κ1) is 16.0. The van der Waals surface area contributed by atoms with Crippen LogP contribution in [0.15, 0.2) is 54.6 Å². The van der Waals surface area contributed by atoms with Gasteiger partial charge in [0.2, 0.25) is 0 Å². The first-order valence-corrected chi connectivity index (χ1v) is 7.91. The Hall–Kier alpha value is -2.86. The maximum atomic E-state index is 12.9. The predicted molar refractivity (Wildman–Crippen MR) is 93.9 cm³/mol. The van der Waals surface area contributed by atoms with Gasteiger partial charge in [0.05, 0.1) is 0 Å². The molecule has 124 valence electrons. The Morgan fingerprint density at radius 1 is 0.917 bits per heavy atom. The summed E-state index contributed by atoms with van der Waals surface area (Å²) < 4.78 is 0. The molecule has 3 N–H and O–H groups in total. The van der Waals surface area contributed by atoms with Crippen LogP contribution >= 0.6 is 0 Å². The van der Waals surface area contributed by atoms with Crippen molar-refractivity contribution >= 4 is 28.9 Å². The quantitative estimate of drug-likeness (QED) is 0.646. The van der Waals surface area contributed by atoms with E-state index in [0.29, 0.717) is 43.2 Å². The number of nitrogens with zero attached hydrogens (tertiary/aromatic N) is 2. The number of nitrogens with one attached hydrogen (secondary N) is 1. The number of benzene rings is 2. The van der Waals surface area contributed by atoms with E-state index in [9.17, 15) is 9.59 Å². The number of hydrogen-bond acceptors (Lipinski definition) is 4. The van der Waals surface area contributed by atoms with Crippen molar-refractivity contribution in [3.8, 4) is 0 Å². The number of carbonyl (C=O) groups excluding carboxylic acids is 2. The molecule has 1 heterocycles. The minimum Gasteiger partial charge on any atom is -0.399 e. The largest absolute Gasteiger partial charge is 0.399 e. The Bertz CT molecular complexity index is 710. The monoisotopic (exact) mass is 324 g/mol. The van der Waals surface area contributed by atoms with Gasteiger partial charge in [0.15, 0.2) is 0 Å². The molecule has 1 aliphatic rings. The average Bonchev–Trinajstić information content (AvgIpc) is 2.64. The second kappa shape index (κ2) is 7.14. The van der Waals surface area contributed by atoms with Crippen LogP contribution in [0, 0.1) is 0 Å². The summed E-state index contributed by atoms with van der Waals surface area (Å²) in [6.45, 7) is 2.47. The molecule has 0 aromatic heterocycles. The molecular formula is C18H20N4O2. The standard InChI is InChI=1S/C18H20N4O2/c19-14-6-8-16(9-7-14)22(15-4-2-1-3-5-15)18(24)17(23)21-12-10-20-11-13-21/h1-9,20H,10-13,19H2. The molecule has 24 heavy (non-hydrogen) atoms. The summed E-state index contributed by atoms with van der Waals surface area (Å²) in [7, 11) is 0. The fourth-order valence-electron chi connectivity index (χ4n) is 2.68. The fourth-order valence-corrected chi connectivity index (χ4v) is 2.68. The Morgan fingerprint density at radius 3 is 2.12 bits per heavy atom. The molecule has 0 radical (unpaired) electrons. The number of amides is 2. The highest BCUT2D eigenvalue weighted by Crippen LogP contribution is 2.26. The van der Waals surface area contributed by atoms with Gasteiger partial charge in [-0.15, -0.1) is 0 Å². The van der Waals surface area contributed by atoms with Gasteiger partial charge in [-0.25, -0.2) is 0 Å². The van der Waals surface area contributed by atoms with E-state index in [1.807, 2.05) is 18.2 Å². The minimum atomic E-state index is -0.562. The van der Waals surface area contributed by atoms with Crippen molar-refractivity contribution in [1.29, 1.82) is 0 Å². The Labute approximate surface area is 140 Å². The van der Waals surface area contributed by atoms with E-state index in [-0.39, 0.29) is 0 Å². The third-order valence-corrected chi connectivity index (χ3v) is 3.96. The van der Waals surface area contributed by atoms with Crippen molar-refractivity contribution in [2.45, 2.75) is 0 Å². The van der Waals surface area contributed by atoms with E-state index in [0.717, 1.165) is 0 Å². The molecule has 0 spiro atoms. The Kier molecular flexibility index (Phi) is 4.77. The van der Waals surface area contributed by atoms with Crippen LogP contribution in [0.25, 0.3) is 0 Å². The SMILES string of the molecule is Nc1ccc(N(C(=O)C(=O)N2CCNCC2)c2ccccc2)cc1. The van der Waals surface area contributed by atoms with Crippen LogP contribution in [0.1, 0.15) is 0 Å². The third kappa shape index (κ3) is 3.38. The van der Waals surface area contributed by atoms with Crippen LogP contribution < -0.4 is 16.0 Å². The first-order valence-electron chi connectivity index (χ1n) is 7.91. The molecule has 0 bridgehead atoms. The van der Waals surface area contributed by atoms with Crippen molar-refractivity contribution in [2.75, 3.05) is 36.8 Å². The molecule has 1 fully saturated rings. The third-order valence-electron chi connectivity index (χ3n) is 3.96. The van der Waals surface area contributed by atoms with Crippen molar-refractivity contribution in [3.05, 3.63) is 54.6 Å². The zero-order valence-electron chi connectivity index (χ0n) is 13.3. The summed E-state index contributed by atoms with van der Waals surface area (Å²) in [6.07, 6.45) is 0. The molecule has 0 saturated carbocycles. The normalized spacial score (nSPS) is 14.2. The van der Waals surface area contributed by atoms with Crippen LogP contribution in [-0.4, -0.2) is 42.9 Å². The number of piperazine rings is 1. The summed E-state index contributed by atoms with van der Waals surface area (Å²) in [5.41, 5.74) is 7.60. The Balaban J connectivity index is 1.93. The molecule has 2 amide bonds. The Morgan fingerprint density at radius 2 is 1.50 bits per heavy atom. The van der Waals surface area contributed by atoms with Crippen LogP contribution in [0.2, 0.25) is 0 Å². The number of nitrogen functional groups attached to an aromatic ring is 1. The molecular weight excluding hydrogens is 304 g/mol. The first-order chi connectivity index (χ1) is 11.7. The van der Waals surface area contributed by atoms with E-state index in [1.54, 1.807) is 41.3 Å². The highest BCUT2D eigenvalue weighted by Gasteiger charge is 2.29. The second-order valence-corrected chi connectivity index (χ2v) is 5.61. The van der Waals surface area contributed by atoms with Gasteiger partial charge in [-0.05, 0) is 36.4 Å². The lowest BCUT2D eigenvalue weighted by Crippen LogP contribution is -2.51. The van der Waals surface area contributed by atoms with Gasteiger partial charge in [0.1, 0.15) is 0 Å². The second-order valence-electron chi connectivity index (χ2n) is 5.61. The number of para-hydroxylation sites is 1. The van der Waals surface area contributed by atoms with Gasteiger partial charge in [-0.2, -0.15) is 0 Å². The van der Waals surface area contributed by atoms with Crippen molar-refractivity contribution < 1.29 is 9.59 Å². The summed E-state index contributed by atoms with van der Waals surface area (Å²) in [5.74, 6) is -1.05. The van der Waals surface area contributed by atoms with Gasteiger partial charge in [-0.1, -0.05) is 18.2 Å². The number of nitrogens with two attached hydrogens (primary N) is 1. The van der Waals surface area contributed by atoms with Crippen molar-refractivity contribution in [2.24, 2.45) is 0 Å². The summed E-state index contributed by atoms with van der Waals surface area (Å²) in [6, 6.07) is 16.1. The van der Waals surface area contributed by atoms with Gasteiger partial charge >= 0.3 is 11.8 Å².